The molecule has 25 heavy (non-hydrogen) atoms. The summed E-state index contributed by atoms with van der Waals surface area (Å²) < 4.78 is 5.30. The number of hydrogen-bond donors (Lipinski definition) is 2. The molecule has 0 aromatic heterocycles. The van der Waals surface area contributed by atoms with Crippen LogP contribution in [-0.2, 0) is 11.3 Å². The highest BCUT2D eigenvalue weighted by Crippen LogP contribution is 2.24. The number of hydrogen-bond acceptors (Lipinski definition) is 3. The van der Waals surface area contributed by atoms with Crippen LogP contribution in [0.15, 0.2) is 48.5 Å². The molecule has 0 radical (unpaired) electrons. The number of anilines is 1. The summed E-state index contributed by atoms with van der Waals surface area (Å²) in [6.45, 7) is 6.47. The summed E-state index contributed by atoms with van der Waals surface area (Å²) in [5.74, 6) is 0. The predicted molar refractivity (Wildman–Crippen MR) is 102 cm³/mol. The fourth-order valence-corrected chi connectivity index (χ4v) is 2.56. The molecule has 2 aromatic rings. The molecule has 2 N–H and O–H groups in total. The van der Waals surface area contributed by atoms with Gasteiger partial charge in [0.1, 0.15) is 5.60 Å². The van der Waals surface area contributed by atoms with Crippen molar-refractivity contribution in [2.75, 3.05) is 5.32 Å². The van der Waals surface area contributed by atoms with Gasteiger partial charge in [-0.15, -0.1) is 0 Å². The Hall–Kier alpha value is -2.33. The lowest BCUT2D eigenvalue weighted by Crippen LogP contribution is -2.27. The first-order chi connectivity index (χ1) is 11.9. The van der Waals surface area contributed by atoms with Gasteiger partial charge >= 0.3 is 6.09 Å². The molecule has 0 heterocycles. The Morgan fingerprint density at radius 1 is 1.08 bits per heavy atom. The average molecular weight is 338 g/mol. The van der Waals surface area contributed by atoms with E-state index in [9.17, 15) is 4.79 Å². The van der Waals surface area contributed by atoms with Gasteiger partial charge in [-0.1, -0.05) is 36.4 Å². The molecule has 1 aliphatic carbocycles. The van der Waals surface area contributed by atoms with E-state index < -0.39 is 11.7 Å². The van der Waals surface area contributed by atoms with Gasteiger partial charge in [0.25, 0.3) is 0 Å². The van der Waals surface area contributed by atoms with Crippen LogP contribution in [0.3, 0.4) is 0 Å². The molecule has 0 aliphatic heterocycles. The fraction of sp³-hybridized carbons (Fsp3) is 0.381. The molecule has 0 saturated heterocycles. The first-order valence-corrected chi connectivity index (χ1v) is 8.82. The van der Waals surface area contributed by atoms with Crippen LogP contribution in [0.4, 0.5) is 10.5 Å². The first kappa shape index (κ1) is 17.5. The third-order valence-corrected chi connectivity index (χ3v) is 3.97. The number of benzene rings is 2. The Kier molecular flexibility index (Phi) is 5.09. The number of nitrogens with one attached hydrogen (secondary N) is 2. The van der Waals surface area contributed by atoms with E-state index in [1.807, 2.05) is 45.0 Å². The highest BCUT2D eigenvalue weighted by atomic mass is 16.6. The van der Waals surface area contributed by atoms with Gasteiger partial charge in [0.05, 0.1) is 0 Å². The standard InChI is InChI=1S/C21H26N2O2/c1-21(2,3)25-20(24)23-19-6-4-5-17(13-19)16-9-7-15(8-10-16)14-22-18-11-12-18/h4-10,13,18,22H,11-12,14H2,1-3H3,(H,23,24). The predicted octanol–water partition coefficient (Wildman–Crippen LogP) is 4.95. The summed E-state index contributed by atoms with van der Waals surface area (Å²) in [5.41, 5.74) is 3.70. The summed E-state index contributed by atoms with van der Waals surface area (Å²) in [6, 6.07) is 17.1. The van der Waals surface area contributed by atoms with E-state index >= 15 is 0 Å². The summed E-state index contributed by atoms with van der Waals surface area (Å²) in [7, 11) is 0. The average Bonchev–Trinajstić information content (AvgIpc) is 3.36. The van der Waals surface area contributed by atoms with Crippen molar-refractivity contribution in [1.29, 1.82) is 0 Å². The Bertz CT molecular complexity index is 728. The van der Waals surface area contributed by atoms with Crippen LogP contribution in [0.5, 0.6) is 0 Å². The van der Waals surface area contributed by atoms with Crippen LogP contribution >= 0.6 is 0 Å². The van der Waals surface area contributed by atoms with Crippen molar-refractivity contribution in [2.24, 2.45) is 0 Å². The summed E-state index contributed by atoms with van der Waals surface area (Å²) in [5, 5.41) is 6.31. The van der Waals surface area contributed by atoms with E-state index in [2.05, 4.69) is 34.9 Å². The normalized spacial score (nSPS) is 14.2. The molecule has 0 spiro atoms. The molecule has 4 nitrogen and oxygen atoms in total. The Labute approximate surface area is 149 Å². The zero-order valence-electron chi connectivity index (χ0n) is 15.1. The molecule has 2 aromatic carbocycles. The van der Waals surface area contributed by atoms with Gasteiger partial charge in [0, 0.05) is 18.3 Å². The molecule has 0 bridgehead atoms. The van der Waals surface area contributed by atoms with Crippen molar-refractivity contribution in [3.05, 3.63) is 54.1 Å². The van der Waals surface area contributed by atoms with Crippen LogP contribution < -0.4 is 10.6 Å². The number of amides is 1. The zero-order chi connectivity index (χ0) is 17.9. The molecule has 3 rings (SSSR count). The second-order valence-electron chi connectivity index (χ2n) is 7.56. The van der Waals surface area contributed by atoms with Crippen molar-refractivity contribution in [2.45, 2.75) is 51.8 Å². The number of ether oxygens (including phenoxy) is 1. The van der Waals surface area contributed by atoms with Gasteiger partial charge < -0.3 is 10.1 Å². The molecule has 1 fully saturated rings. The van der Waals surface area contributed by atoms with Crippen LogP contribution in [0.25, 0.3) is 11.1 Å². The van der Waals surface area contributed by atoms with Crippen molar-refractivity contribution < 1.29 is 9.53 Å². The molecule has 1 amide bonds. The molecular weight excluding hydrogens is 312 g/mol. The monoisotopic (exact) mass is 338 g/mol. The number of carbonyl (C=O) groups excluding carboxylic acids is 1. The van der Waals surface area contributed by atoms with Crippen molar-refractivity contribution in [3.63, 3.8) is 0 Å². The first-order valence-electron chi connectivity index (χ1n) is 8.82. The highest BCUT2D eigenvalue weighted by molar-refractivity contribution is 5.86. The molecule has 132 valence electrons. The summed E-state index contributed by atoms with van der Waals surface area (Å²) >= 11 is 0. The van der Waals surface area contributed by atoms with E-state index in [-0.39, 0.29) is 0 Å². The molecule has 1 saturated carbocycles. The summed E-state index contributed by atoms with van der Waals surface area (Å²) in [4.78, 5) is 11.9. The van der Waals surface area contributed by atoms with Crippen LogP contribution in [0, 0.1) is 0 Å². The Balaban J connectivity index is 1.64. The molecule has 1 aliphatic rings. The second-order valence-corrected chi connectivity index (χ2v) is 7.56. The number of rotatable bonds is 5. The second kappa shape index (κ2) is 7.28. The molecule has 4 heteroatoms. The maximum Gasteiger partial charge on any atom is 0.412 e. The third-order valence-electron chi connectivity index (χ3n) is 3.97. The quantitative estimate of drug-likeness (QED) is 0.811. The van der Waals surface area contributed by atoms with E-state index in [4.69, 9.17) is 4.74 Å². The van der Waals surface area contributed by atoms with Crippen molar-refractivity contribution in [3.8, 4) is 11.1 Å². The van der Waals surface area contributed by atoms with Gasteiger partial charge in [0.15, 0.2) is 0 Å². The zero-order valence-corrected chi connectivity index (χ0v) is 15.1. The van der Waals surface area contributed by atoms with Gasteiger partial charge in [0.2, 0.25) is 0 Å². The van der Waals surface area contributed by atoms with Crippen molar-refractivity contribution in [1.82, 2.24) is 5.32 Å². The minimum atomic E-state index is -0.508. The molecular formula is C21H26N2O2. The topological polar surface area (TPSA) is 50.4 Å². The maximum absolute atomic E-state index is 11.9. The van der Waals surface area contributed by atoms with Crippen molar-refractivity contribution >= 4 is 11.8 Å². The largest absolute Gasteiger partial charge is 0.444 e. The van der Waals surface area contributed by atoms with Gasteiger partial charge in [-0.25, -0.2) is 4.79 Å². The van der Waals surface area contributed by atoms with E-state index in [0.717, 1.165) is 29.4 Å². The van der Waals surface area contributed by atoms with E-state index in [0.29, 0.717) is 0 Å². The highest BCUT2D eigenvalue weighted by Gasteiger charge is 2.19. The third kappa shape index (κ3) is 5.61. The maximum atomic E-state index is 11.9. The van der Waals surface area contributed by atoms with Crippen LogP contribution in [-0.4, -0.2) is 17.7 Å². The Morgan fingerprint density at radius 2 is 1.80 bits per heavy atom. The smallest absolute Gasteiger partial charge is 0.412 e. The van der Waals surface area contributed by atoms with Crippen LogP contribution in [0.1, 0.15) is 39.2 Å². The minimum absolute atomic E-state index is 0.439. The lowest BCUT2D eigenvalue weighted by molar-refractivity contribution is 0.0636. The minimum Gasteiger partial charge on any atom is -0.444 e. The number of carbonyl (C=O) groups is 1. The SMILES string of the molecule is CC(C)(C)OC(=O)Nc1cccc(-c2ccc(CNC3CC3)cc2)c1. The van der Waals surface area contributed by atoms with Gasteiger partial charge in [-0.05, 0) is 62.4 Å². The van der Waals surface area contributed by atoms with Crippen LogP contribution in [0.2, 0.25) is 0 Å². The Morgan fingerprint density at radius 3 is 2.44 bits per heavy atom. The van der Waals surface area contributed by atoms with E-state index in [1.165, 1.54) is 18.4 Å². The fourth-order valence-electron chi connectivity index (χ4n) is 2.56. The lowest BCUT2D eigenvalue weighted by atomic mass is 10.0. The molecule has 0 atom stereocenters. The summed E-state index contributed by atoms with van der Waals surface area (Å²) in [6.07, 6.45) is 2.16. The van der Waals surface area contributed by atoms with Gasteiger partial charge in [-0.2, -0.15) is 0 Å². The van der Waals surface area contributed by atoms with Gasteiger partial charge in [-0.3, -0.25) is 5.32 Å². The lowest BCUT2D eigenvalue weighted by Gasteiger charge is -2.19. The van der Waals surface area contributed by atoms with E-state index in [1.54, 1.807) is 0 Å². The molecule has 0 unspecified atom stereocenters.